The van der Waals surface area contributed by atoms with Crippen molar-refractivity contribution in [2.24, 2.45) is 5.41 Å². The van der Waals surface area contributed by atoms with Crippen LogP contribution in [0.2, 0.25) is 0 Å². The van der Waals surface area contributed by atoms with Gasteiger partial charge in [-0.1, -0.05) is 28.8 Å². The van der Waals surface area contributed by atoms with Gasteiger partial charge in [0.2, 0.25) is 0 Å². The van der Waals surface area contributed by atoms with E-state index in [4.69, 9.17) is 0 Å². The minimum atomic E-state index is 0.0159. The van der Waals surface area contributed by atoms with E-state index in [-0.39, 0.29) is 11.0 Å². The highest BCUT2D eigenvalue weighted by molar-refractivity contribution is 9.10. The van der Waals surface area contributed by atoms with Gasteiger partial charge in [-0.15, -0.1) is 0 Å². The summed E-state index contributed by atoms with van der Waals surface area (Å²) in [5.41, 5.74) is 0.258. The molecule has 0 N–H and O–H groups in total. The molecule has 0 saturated heterocycles. The van der Waals surface area contributed by atoms with Gasteiger partial charge in [0, 0.05) is 18.1 Å². The fourth-order valence-electron chi connectivity index (χ4n) is 2.36. The van der Waals surface area contributed by atoms with E-state index in [9.17, 15) is 4.79 Å². The Hall–Kier alpha value is -0.160. The number of alkyl halides is 1. The van der Waals surface area contributed by atoms with Crippen molar-refractivity contribution in [1.82, 2.24) is 9.55 Å². The van der Waals surface area contributed by atoms with Gasteiger partial charge in [0.25, 0.3) is 5.56 Å². The Morgan fingerprint density at radius 2 is 2.12 bits per heavy atom. The molecule has 0 aliphatic heterocycles. The lowest BCUT2D eigenvalue weighted by Crippen LogP contribution is -2.32. The summed E-state index contributed by atoms with van der Waals surface area (Å²) in [5, 5.41) is 0.957. The minimum absolute atomic E-state index is 0.0159. The van der Waals surface area contributed by atoms with Crippen LogP contribution < -0.4 is 5.56 Å². The normalized spacial score (nSPS) is 18.9. The Bertz CT molecular complexity index is 424. The second kappa shape index (κ2) is 5.00. The fourth-order valence-corrected chi connectivity index (χ4v) is 3.44. The third-order valence-electron chi connectivity index (χ3n) is 3.31. The minimum Gasteiger partial charge on any atom is -0.298 e. The predicted molar refractivity (Wildman–Crippen MR) is 70.9 cm³/mol. The van der Waals surface area contributed by atoms with Crippen molar-refractivity contribution >= 4 is 31.9 Å². The van der Waals surface area contributed by atoms with E-state index >= 15 is 0 Å². The van der Waals surface area contributed by atoms with Crippen molar-refractivity contribution < 1.29 is 0 Å². The highest BCUT2D eigenvalue weighted by atomic mass is 79.9. The Kier molecular flexibility index (Phi) is 3.85. The molecule has 2 rings (SSSR count). The third kappa shape index (κ3) is 2.40. The van der Waals surface area contributed by atoms with Crippen LogP contribution in [0.1, 0.15) is 25.7 Å². The van der Waals surface area contributed by atoms with Gasteiger partial charge >= 0.3 is 0 Å². The Morgan fingerprint density at radius 1 is 1.44 bits per heavy atom. The molecule has 1 aromatic rings. The second-order valence-electron chi connectivity index (χ2n) is 4.52. The summed E-state index contributed by atoms with van der Waals surface area (Å²) in [7, 11) is 0. The van der Waals surface area contributed by atoms with Crippen LogP contribution in [0.15, 0.2) is 21.8 Å². The van der Waals surface area contributed by atoms with Crippen molar-refractivity contribution in [3.63, 3.8) is 0 Å². The summed E-state index contributed by atoms with van der Waals surface area (Å²) in [6.45, 7) is 0.767. The third-order valence-corrected chi connectivity index (χ3v) is 5.05. The summed E-state index contributed by atoms with van der Waals surface area (Å²) >= 11 is 6.81. The molecule has 1 aliphatic carbocycles. The van der Waals surface area contributed by atoms with Crippen LogP contribution in [0.25, 0.3) is 0 Å². The van der Waals surface area contributed by atoms with Gasteiger partial charge in [0.1, 0.15) is 4.47 Å². The highest BCUT2D eigenvalue weighted by Crippen LogP contribution is 2.40. The van der Waals surface area contributed by atoms with E-state index in [2.05, 4.69) is 36.8 Å². The molecule has 88 valence electrons. The summed E-state index contributed by atoms with van der Waals surface area (Å²) in [6.07, 6.45) is 8.10. The van der Waals surface area contributed by atoms with Crippen molar-refractivity contribution in [2.75, 3.05) is 5.33 Å². The first-order valence-electron chi connectivity index (χ1n) is 5.43. The van der Waals surface area contributed by atoms with E-state index in [1.54, 1.807) is 17.1 Å². The lowest BCUT2D eigenvalue weighted by Gasteiger charge is -2.27. The lowest BCUT2D eigenvalue weighted by molar-refractivity contribution is 0.286. The molecule has 1 fully saturated rings. The first kappa shape index (κ1) is 12.3. The SMILES string of the molecule is O=c1c(Br)cncn1CC1(CBr)CCCC1. The topological polar surface area (TPSA) is 34.9 Å². The first-order chi connectivity index (χ1) is 7.67. The maximum absolute atomic E-state index is 11.9. The number of hydrogen-bond acceptors (Lipinski definition) is 2. The molecule has 16 heavy (non-hydrogen) atoms. The molecule has 1 aliphatic rings. The molecule has 0 spiro atoms. The lowest BCUT2D eigenvalue weighted by atomic mass is 9.89. The summed E-state index contributed by atoms with van der Waals surface area (Å²) in [5.74, 6) is 0. The van der Waals surface area contributed by atoms with Crippen LogP contribution in [0, 0.1) is 5.41 Å². The van der Waals surface area contributed by atoms with Gasteiger partial charge in [-0.2, -0.15) is 0 Å². The molecule has 0 bridgehead atoms. The van der Waals surface area contributed by atoms with Crippen LogP contribution in [-0.2, 0) is 6.54 Å². The van der Waals surface area contributed by atoms with Crippen LogP contribution >= 0.6 is 31.9 Å². The average Bonchev–Trinajstić information content (AvgIpc) is 2.74. The van der Waals surface area contributed by atoms with Crippen molar-refractivity contribution in [2.45, 2.75) is 32.2 Å². The molecule has 1 saturated carbocycles. The number of halogens is 2. The Balaban J connectivity index is 2.26. The molecule has 0 unspecified atom stereocenters. The fraction of sp³-hybridized carbons (Fsp3) is 0.636. The maximum Gasteiger partial charge on any atom is 0.267 e. The van der Waals surface area contributed by atoms with Gasteiger partial charge in [-0.3, -0.25) is 9.36 Å². The molecule has 0 aromatic carbocycles. The van der Waals surface area contributed by atoms with Gasteiger partial charge in [0.15, 0.2) is 0 Å². The summed E-state index contributed by atoms with van der Waals surface area (Å²) in [4.78, 5) is 15.9. The zero-order valence-corrected chi connectivity index (χ0v) is 12.1. The van der Waals surface area contributed by atoms with E-state index in [1.165, 1.54) is 25.7 Å². The monoisotopic (exact) mass is 348 g/mol. The van der Waals surface area contributed by atoms with Gasteiger partial charge in [-0.25, -0.2) is 4.98 Å². The maximum atomic E-state index is 11.9. The van der Waals surface area contributed by atoms with Gasteiger partial charge in [0.05, 0.1) is 6.33 Å². The van der Waals surface area contributed by atoms with Crippen molar-refractivity contribution in [3.05, 3.63) is 27.4 Å². The van der Waals surface area contributed by atoms with Gasteiger partial charge < -0.3 is 0 Å². The van der Waals surface area contributed by atoms with Gasteiger partial charge in [-0.05, 0) is 34.2 Å². The van der Waals surface area contributed by atoms with E-state index < -0.39 is 0 Å². The van der Waals surface area contributed by atoms with Crippen LogP contribution in [0.5, 0.6) is 0 Å². The molecule has 0 amide bonds. The van der Waals surface area contributed by atoms with Crippen LogP contribution in [0.4, 0.5) is 0 Å². The molecule has 5 heteroatoms. The number of hydrogen-bond donors (Lipinski definition) is 0. The van der Waals surface area contributed by atoms with E-state index in [0.29, 0.717) is 4.47 Å². The molecule has 3 nitrogen and oxygen atoms in total. The average molecular weight is 350 g/mol. The van der Waals surface area contributed by atoms with Crippen molar-refractivity contribution in [3.8, 4) is 0 Å². The number of rotatable bonds is 3. The van der Waals surface area contributed by atoms with E-state index in [0.717, 1.165) is 11.9 Å². The molecule has 1 aromatic heterocycles. The molecular weight excluding hydrogens is 336 g/mol. The summed E-state index contributed by atoms with van der Waals surface area (Å²) < 4.78 is 2.26. The zero-order valence-electron chi connectivity index (χ0n) is 8.96. The smallest absolute Gasteiger partial charge is 0.267 e. The standard InChI is InChI=1S/C11H14Br2N2O/c12-6-11(3-1-2-4-11)7-15-8-14-5-9(13)10(15)16/h5,8H,1-4,6-7H2. The number of nitrogens with zero attached hydrogens (tertiary/aromatic N) is 2. The van der Waals surface area contributed by atoms with E-state index in [1.807, 2.05) is 0 Å². The zero-order chi connectivity index (χ0) is 11.6. The number of aromatic nitrogens is 2. The second-order valence-corrected chi connectivity index (χ2v) is 5.93. The predicted octanol–water partition coefficient (Wildman–Crippen LogP) is 2.96. The van der Waals surface area contributed by atoms with Crippen molar-refractivity contribution in [1.29, 1.82) is 0 Å². The highest BCUT2D eigenvalue weighted by Gasteiger charge is 2.33. The molecule has 0 atom stereocenters. The summed E-state index contributed by atoms with van der Waals surface area (Å²) in [6, 6.07) is 0. The molecule has 0 radical (unpaired) electrons. The van der Waals surface area contributed by atoms with Crippen LogP contribution in [0.3, 0.4) is 0 Å². The van der Waals surface area contributed by atoms with Crippen LogP contribution in [-0.4, -0.2) is 14.9 Å². The molecule has 1 heterocycles. The largest absolute Gasteiger partial charge is 0.298 e. The Morgan fingerprint density at radius 3 is 2.75 bits per heavy atom. The quantitative estimate of drug-likeness (QED) is 0.786. The Labute approximate surface area is 112 Å². The first-order valence-corrected chi connectivity index (χ1v) is 7.34. The molecular formula is C11H14Br2N2O.